The van der Waals surface area contributed by atoms with Crippen molar-refractivity contribution in [3.05, 3.63) is 0 Å². The van der Waals surface area contributed by atoms with Crippen molar-refractivity contribution < 1.29 is 9.90 Å². The number of hydrogen-bond donors (Lipinski definition) is 3. The number of hydrogen-bond acceptors (Lipinski definition) is 3. The van der Waals surface area contributed by atoms with Crippen LogP contribution in [0.5, 0.6) is 0 Å². The number of amides is 1. The molecule has 0 spiro atoms. The molecule has 2 aliphatic rings. The van der Waals surface area contributed by atoms with Gasteiger partial charge in [0.15, 0.2) is 0 Å². The summed E-state index contributed by atoms with van der Waals surface area (Å²) >= 11 is 0. The first kappa shape index (κ1) is 14.8. The van der Waals surface area contributed by atoms with E-state index in [4.69, 9.17) is 5.73 Å². The van der Waals surface area contributed by atoms with Crippen LogP contribution in [-0.4, -0.2) is 29.7 Å². The maximum atomic E-state index is 12.0. The normalized spacial score (nSPS) is 39.2. The van der Waals surface area contributed by atoms with Gasteiger partial charge in [-0.3, -0.25) is 4.79 Å². The molecule has 2 fully saturated rings. The molecule has 4 atom stereocenters. The quantitative estimate of drug-likeness (QED) is 0.724. The van der Waals surface area contributed by atoms with Crippen LogP contribution in [0.3, 0.4) is 0 Å². The summed E-state index contributed by atoms with van der Waals surface area (Å²) in [6.07, 6.45) is 7.65. The molecule has 2 rings (SSSR count). The van der Waals surface area contributed by atoms with Crippen LogP contribution in [0.15, 0.2) is 0 Å². The summed E-state index contributed by atoms with van der Waals surface area (Å²) in [5.41, 5.74) is 5.85. The van der Waals surface area contributed by atoms with Gasteiger partial charge in [-0.05, 0) is 31.6 Å². The van der Waals surface area contributed by atoms with Gasteiger partial charge in [0, 0.05) is 24.4 Å². The van der Waals surface area contributed by atoms with Gasteiger partial charge in [0.05, 0.1) is 6.10 Å². The molecule has 2 saturated carbocycles. The molecule has 4 heteroatoms. The Morgan fingerprint density at radius 2 is 2.11 bits per heavy atom. The third-order valence-electron chi connectivity index (χ3n) is 5.13. The van der Waals surface area contributed by atoms with E-state index in [9.17, 15) is 9.90 Å². The molecule has 0 aliphatic heterocycles. The van der Waals surface area contributed by atoms with Crippen molar-refractivity contribution in [1.82, 2.24) is 5.32 Å². The summed E-state index contributed by atoms with van der Waals surface area (Å²) in [4.78, 5) is 12.0. The van der Waals surface area contributed by atoms with Crippen molar-refractivity contribution in [2.24, 2.45) is 17.1 Å². The van der Waals surface area contributed by atoms with Crippen LogP contribution < -0.4 is 11.1 Å². The zero-order valence-corrected chi connectivity index (χ0v) is 12.0. The number of carbonyl (C=O) groups is 1. The highest BCUT2D eigenvalue weighted by Gasteiger charge is 2.36. The monoisotopic (exact) mass is 268 g/mol. The Morgan fingerprint density at radius 3 is 2.74 bits per heavy atom. The molecule has 0 saturated heterocycles. The van der Waals surface area contributed by atoms with Gasteiger partial charge >= 0.3 is 0 Å². The summed E-state index contributed by atoms with van der Waals surface area (Å²) in [5, 5.41) is 13.1. The smallest absolute Gasteiger partial charge is 0.220 e. The van der Waals surface area contributed by atoms with E-state index < -0.39 is 0 Å². The minimum absolute atomic E-state index is 0.0985. The molecule has 110 valence electrons. The lowest BCUT2D eigenvalue weighted by atomic mass is 9.73. The topological polar surface area (TPSA) is 75.4 Å². The van der Waals surface area contributed by atoms with E-state index in [1.807, 2.05) is 0 Å². The van der Waals surface area contributed by atoms with E-state index in [0.29, 0.717) is 18.9 Å². The summed E-state index contributed by atoms with van der Waals surface area (Å²) in [5.74, 6) is 0.449. The fourth-order valence-electron chi connectivity index (χ4n) is 3.52. The fourth-order valence-corrected chi connectivity index (χ4v) is 3.52. The molecular formula is C15H28N2O2. The van der Waals surface area contributed by atoms with Gasteiger partial charge in [0.2, 0.25) is 5.91 Å². The Hall–Kier alpha value is -0.610. The maximum Gasteiger partial charge on any atom is 0.220 e. The van der Waals surface area contributed by atoms with Gasteiger partial charge in [0.1, 0.15) is 0 Å². The highest BCUT2D eigenvalue weighted by Crippen LogP contribution is 2.35. The van der Waals surface area contributed by atoms with E-state index in [1.54, 1.807) is 0 Å². The summed E-state index contributed by atoms with van der Waals surface area (Å²) < 4.78 is 0. The van der Waals surface area contributed by atoms with Gasteiger partial charge in [-0.1, -0.05) is 26.2 Å². The molecule has 0 aromatic heterocycles. The number of aliphatic hydroxyl groups is 1. The molecule has 19 heavy (non-hydrogen) atoms. The van der Waals surface area contributed by atoms with Crippen LogP contribution >= 0.6 is 0 Å². The standard InChI is InChI=1S/C15H28N2O2/c1-15(8-3-2-7-13(15)18)10-17-14(19)9-11-5-4-6-12(11)16/h11-13,18H,2-10,16H2,1H3,(H,17,19)/t11-,12+,13?,15?/m0/s1. The minimum atomic E-state index is -0.282. The van der Waals surface area contributed by atoms with Crippen LogP contribution in [0.4, 0.5) is 0 Å². The third kappa shape index (κ3) is 3.69. The van der Waals surface area contributed by atoms with Crippen molar-refractivity contribution >= 4 is 5.91 Å². The molecular weight excluding hydrogens is 240 g/mol. The van der Waals surface area contributed by atoms with Gasteiger partial charge < -0.3 is 16.2 Å². The number of nitrogens with one attached hydrogen (secondary N) is 1. The lowest BCUT2D eigenvalue weighted by Gasteiger charge is -2.38. The van der Waals surface area contributed by atoms with Crippen LogP contribution in [0.2, 0.25) is 0 Å². The number of nitrogens with two attached hydrogens (primary N) is 1. The number of aliphatic hydroxyl groups excluding tert-OH is 1. The SMILES string of the molecule is CC1(CNC(=O)C[C@@H]2CCC[C@H]2N)CCCCC1O. The average molecular weight is 268 g/mol. The Balaban J connectivity index is 1.76. The Kier molecular flexibility index (Phi) is 4.85. The molecule has 1 amide bonds. The van der Waals surface area contributed by atoms with Crippen molar-refractivity contribution in [3.63, 3.8) is 0 Å². The molecule has 0 aromatic carbocycles. The van der Waals surface area contributed by atoms with Gasteiger partial charge in [-0.25, -0.2) is 0 Å². The van der Waals surface area contributed by atoms with E-state index in [2.05, 4.69) is 12.2 Å². The van der Waals surface area contributed by atoms with Crippen molar-refractivity contribution in [2.75, 3.05) is 6.54 Å². The van der Waals surface area contributed by atoms with Crippen molar-refractivity contribution in [3.8, 4) is 0 Å². The highest BCUT2D eigenvalue weighted by molar-refractivity contribution is 5.76. The lowest BCUT2D eigenvalue weighted by Crippen LogP contribution is -2.45. The van der Waals surface area contributed by atoms with Crippen LogP contribution in [0, 0.1) is 11.3 Å². The molecule has 0 bridgehead atoms. The second kappa shape index (κ2) is 6.23. The number of carbonyl (C=O) groups excluding carboxylic acids is 1. The first-order valence-electron chi connectivity index (χ1n) is 7.71. The largest absolute Gasteiger partial charge is 0.392 e. The Morgan fingerprint density at radius 1 is 1.32 bits per heavy atom. The molecule has 0 heterocycles. The highest BCUT2D eigenvalue weighted by atomic mass is 16.3. The summed E-state index contributed by atoms with van der Waals surface area (Å²) in [6, 6.07) is 0.196. The van der Waals surface area contributed by atoms with E-state index >= 15 is 0 Å². The first-order valence-corrected chi connectivity index (χ1v) is 7.71. The molecule has 2 aliphatic carbocycles. The number of rotatable bonds is 4. The maximum absolute atomic E-state index is 12.0. The molecule has 0 aromatic rings. The first-order chi connectivity index (χ1) is 9.01. The van der Waals surface area contributed by atoms with Crippen LogP contribution in [0.1, 0.15) is 58.3 Å². The third-order valence-corrected chi connectivity index (χ3v) is 5.13. The molecule has 4 nitrogen and oxygen atoms in total. The minimum Gasteiger partial charge on any atom is -0.392 e. The predicted octanol–water partition coefficient (Wildman–Crippen LogP) is 1.56. The van der Waals surface area contributed by atoms with Gasteiger partial charge in [-0.15, -0.1) is 0 Å². The van der Waals surface area contributed by atoms with Crippen molar-refractivity contribution in [2.45, 2.75) is 70.4 Å². The van der Waals surface area contributed by atoms with E-state index in [1.165, 1.54) is 0 Å². The molecule has 0 radical (unpaired) electrons. The zero-order chi connectivity index (χ0) is 13.9. The summed E-state index contributed by atoms with van der Waals surface area (Å²) in [6.45, 7) is 2.67. The van der Waals surface area contributed by atoms with E-state index in [0.717, 1.165) is 44.9 Å². The Labute approximate surface area is 116 Å². The second-order valence-electron chi connectivity index (χ2n) is 6.75. The Bertz CT molecular complexity index is 321. The predicted molar refractivity (Wildman–Crippen MR) is 75.5 cm³/mol. The second-order valence-corrected chi connectivity index (χ2v) is 6.75. The van der Waals surface area contributed by atoms with Crippen LogP contribution in [-0.2, 0) is 4.79 Å². The molecule has 4 N–H and O–H groups in total. The van der Waals surface area contributed by atoms with Gasteiger partial charge in [0.25, 0.3) is 0 Å². The van der Waals surface area contributed by atoms with Crippen molar-refractivity contribution in [1.29, 1.82) is 0 Å². The average Bonchev–Trinajstić information content (AvgIpc) is 2.77. The van der Waals surface area contributed by atoms with E-state index in [-0.39, 0.29) is 23.5 Å². The lowest BCUT2D eigenvalue weighted by molar-refractivity contribution is -0.123. The fraction of sp³-hybridized carbons (Fsp3) is 0.933. The van der Waals surface area contributed by atoms with Gasteiger partial charge in [-0.2, -0.15) is 0 Å². The molecule has 2 unspecified atom stereocenters. The van der Waals surface area contributed by atoms with Crippen LogP contribution in [0.25, 0.3) is 0 Å². The zero-order valence-electron chi connectivity index (χ0n) is 12.0. The summed E-state index contributed by atoms with van der Waals surface area (Å²) in [7, 11) is 0.